The number of benzene rings is 2. The summed E-state index contributed by atoms with van der Waals surface area (Å²) in [6.07, 6.45) is 1.73. The van der Waals surface area contributed by atoms with Crippen LogP contribution in [0.2, 0.25) is 0 Å². The molecule has 0 amide bonds. The van der Waals surface area contributed by atoms with Crippen molar-refractivity contribution >= 4 is 11.6 Å². The normalized spacial score (nSPS) is 21.3. The average molecular weight is 383 g/mol. The molecule has 1 saturated carbocycles. The molecule has 0 nitrogen and oxygen atoms in total. The van der Waals surface area contributed by atoms with Crippen LogP contribution < -0.4 is 0 Å². The van der Waals surface area contributed by atoms with Crippen LogP contribution in [0.4, 0.5) is 17.6 Å². The third-order valence-electron chi connectivity index (χ3n) is 5.11. The summed E-state index contributed by atoms with van der Waals surface area (Å²) in [7, 11) is 0. The highest BCUT2D eigenvalue weighted by atomic mass is 35.5. The third-order valence-corrected chi connectivity index (χ3v) is 5.25. The Morgan fingerprint density at radius 2 is 1.50 bits per heavy atom. The fourth-order valence-corrected chi connectivity index (χ4v) is 3.83. The first-order valence-corrected chi connectivity index (χ1v) is 9.06. The van der Waals surface area contributed by atoms with Crippen molar-refractivity contribution in [2.45, 2.75) is 37.8 Å². The lowest BCUT2D eigenvalue weighted by Crippen LogP contribution is -2.11. The fourth-order valence-electron chi connectivity index (χ4n) is 3.62. The molecule has 0 unspecified atom stereocenters. The number of hydrogen-bond donors (Lipinski definition) is 0. The largest absolute Gasteiger partial charge is 0.419 e. The molecule has 0 aromatic heterocycles. The van der Waals surface area contributed by atoms with Crippen molar-refractivity contribution in [3.8, 4) is 11.1 Å². The van der Waals surface area contributed by atoms with Gasteiger partial charge in [0.15, 0.2) is 0 Å². The molecule has 26 heavy (non-hydrogen) atoms. The van der Waals surface area contributed by atoms with Crippen molar-refractivity contribution in [3.63, 3.8) is 0 Å². The number of alkyl halides is 3. The van der Waals surface area contributed by atoms with Gasteiger partial charge in [0.25, 0.3) is 0 Å². The maximum Gasteiger partial charge on any atom is 0.419 e. The van der Waals surface area contributed by atoms with Gasteiger partial charge in [0.05, 0.1) is 5.56 Å². The summed E-state index contributed by atoms with van der Waals surface area (Å²) in [5.74, 6) is -0.226. The van der Waals surface area contributed by atoms with E-state index in [1.165, 1.54) is 11.6 Å². The zero-order valence-corrected chi connectivity index (χ0v) is 14.8. The van der Waals surface area contributed by atoms with Crippen molar-refractivity contribution in [3.05, 3.63) is 71.0 Å². The van der Waals surface area contributed by atoms with E-state index in [9.17, 15) is 17.6 Å². The third kappa shape index (κ3) is 4.29. The number of halogens is 5. The minimum atomic E-state index is -4.68. The van der Waals surface area contributed by atoms with Crippen LogP contribution in [0, 0.1) is 11.7 Å². The Kier molecular flexibility index (Phi) is 5.71. The van der Waals surface area contributed by atoms with E-state index >= 15 is 0 Å². The van der Waals surface area contributed by atoms with Crippen LogP contribution in [0.1, 0.15) is 42.7 Å². The second-order valence-corrected chi connectivity index (χ2v) is 7.00. The van der Waals surface area contributed by atoms with Gasteiger partial charge in [-0.1, -0.05) is 48.0 Å². The van der Waals surface area contributed by atoms with Gasteiger partial charge in [-0.2, -0.15) is 13.2 Å². The van der Waals surface area contributed by atoms with Crippen molar-refractivity contribution in [2.75, 3.05) is 0 Å². The highest BCUT2D eigenvalue weighted by molar-refractivity contribution is 6.25. The first-order valence-electron chi connectivity index (χ1n) is 8.62. The van der Waals surface area contributed by atoms with Gasteiger partial charge in [-0.25, -0.2) is 4.39 Å². The minimum absolute atomic E-state index is 0.443. The first-order chi connectivity index (χ1) is 12.4. The molecule has 1 aliphatic rings. The van der Waals surface area contributed by atoms with Gasteiger partial charge < -0.3 is 0 Å². The van der Waals surface area contributed by atoms with E-state index in [2.05, 4.69) is 0 Å². The summed E-state index contributed by atoms with van der Waals surface area (Å²) in [4.78, 5) is 0. The zero-order valence-electron chi connectivity index (χ0n) is 14.1. The Hall–Kier alpha value is -1.81. The van der Waals surface area contributed by atoms with E-state index in [-0.39, 0.29) is 0 Å². The number of allylic oxidation sites excluding steroid dienone is 1. The van der Waals surface area contributed by atoms with Crippen molar-refractivity contribution in [2.24, 2.45) is 5.92 Å². The van der Waals surface area contributed by atoms with Crippen LogP contribution >= 0.6 is 11.6 Å². The van der Waals surface area contributed by atoms with Gasteiger partial charge in [0.1, 0.15) is 5.82 Å². The molecule has 0 atom stereocenters. The molecule has 3 rings (SSSR count). The second kappa shape index (κ2) is 7.83. The molecule has 0 aliphatic heterocycles. The van der Waals surface area contributed by atoms with E-state index in [0.29, 0.717) is 23.0 Å². The molecule has 0 bridgehead atoms. The molecule has 138 valence electrons. The summed E-state index contributed by atoms with van der Waals surface area (Å²) >= 11 is 5.64. The van der Waals surface area contributed by atoms with Gasteiger partial charge in [-0.05, 0) is 66.3 Å². The highest BCUT2D eigenvalue weighted by Crippen LogP contribution is 2.37. The Morgan fingerprint density at radius 1 is 0.885 bits per heavy atom. The second-order valence-electron chi connectivity index (χ2n) is 6.74. The number of rotatable bonds is 3. The topological polar surface area (TPSA) is 0 Å². The molecule has 0 spiro atoms. The fraction of sp³-hybridized carbons (Fsp3) is 0.333. The Bertz CT molecular complexity index is 770. The number of hydrogen-bond acceptors (Lipinski definition) is 0. The van der Waals surface area contributed by atoms with E-state index in [1.54, 1.807) is 5.54 Å². The van der Waals surface area contributed by atoms with Crippen molar-refractivity contribution < 1.29 is 17.6 Å². The molecule has 2 aromatic carbocycles. The molecule has 5 heteroatoms. The lowest BCUT2D eigenvalue weighted by molar-refractivity contribution is -0.139. The van der Waals surface area contributed by atoms with E-state index in [0.717, 1.165) is 37.8 Å². The quantitative estimate of drug-likeness (QED) is 0.481. The van der Waals surface area contributed by atoms with Gasteiger partial charge >= 0.3 is 6.18 Å². The smallest absolute Gasteiger partial charge is 0.206 e. The molecule has 1 aliphatic carbocycles. The predicted octanol–water partition coefficient (Wildman–Crippen LogP) is 7.54. The van der Waals surface area contributed by atoms with E-state index in [4.69, 9.17) is 11.6 Å². The summed E-state index contributed by atoms with van der Waals surface area (Å²) in [5.41, 5.74) is 2.72. The Morgan fingerprint density at radius 3 is 2.04 bits per heavy atom. The van der Waals surface area contributed by atoms with Gasteiger partial charge in [0, 0.05) is 5.54 Å². The van der Waals surface area contributed by atoms with E-state index < -0.39 is 17.6 Å². The summed E-state index contributed by atoms with van der Waals surface area (Å²) in [6, 6.07) is 10.7. The van der Waals surface area contributed by atoms with E-state index in [1.807, 2.05) is 30.3 Å². The lowest BCUT2D eigenvalue weighted by atomic mass is 9.78. The Labute approximate surface area is 155 Å². The summed E-state index contributed by atoms with van der Waals surface area (Å²) in [5, 5.41) is 0. The maximum atomic E-state index is 13.8. The summed E-state index contributed by atoms with van der Waals surface area (Å²) in [6.45, 7) is 0. The van der Waals surface area contributed by atoms with Gasteiger partial charge in [-0.15, -0.1) is 0 Å². The lowest BCUT2D eigenvalue weighted by Gasteiger charge is -2.27. The molecule has 1 fully saturated rings. The van der Waals surface area contributed by atoms with Crippen LogP contribution in [0.25, 0.3) is 11.1 Å². The van der Waals surface area contributed by atoms with Crippen LogP contribution in [0.15, 0.2) is 54.1 Å². The van der Waals surface area contributed by atoms with Crippen molar-refractivity contribution in [1.82, 2.24) is 0 Å². The van der Waals surface area contributed by atoms with Crippen LogP contribution in [-0.4, -0.2) is 0 Å². The molecule has 0 N–H and O–H groups in total. The van der Waals surface area contributed by atoms with Gasteiger partial charge in [0.2, 0.25) is 0 Å². The predicted molar refractivity (Wildman–Crippen MR) is 96.5 cm³/mol. The Balaban J connectivity index is 1.73. The molecule has 0 saturated heterocycles. The maximum absolute atomic E-state index is 13.8. The molecular weight excluding hydrogens is 364 g/mol. The molecule has 0 radical (unpaired) electrons. The average Bonchev–Trinajstić information content (AvgIpc) is 2.62. The standard InChI is InChI=1S/C21H19ClF4/c22-12-11-14-1-3-15(4-2-14)16-5-7-17(8-6-16)18-9-10-19(20(23)13-18)21(24,25)26/h5-15H,1-4H2/b12-11+/t14-,15-. The summed E-state index contributed by atoms with van der Waals surface area (Å²) < 4.78 is 51.8. The molecule has 0 heterocycles. The molecular formula is C21H19ClF4. The van der Waals surface area contributed by atoms with Crippen LogP contribution in [-0.2, 0) is 6.18 Å². The minimum Gasteiger partial charge on any atom is -0.206 e. The zero-order chi connectivity index (χ0) is 18.7. The van der Waals surface area contributed by atoms with Crippen LogP contribution in [0.5, 0.6) is 0 Å². The van der Waals surface area contributed by atoms with Gasteiger partial charge in [-0.3, -0.25) is 0 Å². The van der Waals surface area contributed by atoms with Crippen LogP contribution in [0.3, 0.4) is 0 Å². The SMILES string of the molecule is Fc1cc(-c2ccc([C@H]3CC[C@H](/C=C/Cl)CC3)cc2)ccc1C(F)(F)F. The highest BCUT2D eigenvalue weighted by Gasteiger charge is 2.33. The first kappa shape index (κ1) is 19.0. The molecule has 2 aromatic rings. The van der Waals surface area contributed by atoms with Crippen molar-refractivity contribution in [1.29, 1.82) is 0 Å². The monoisotopic (exact) mass is 382 g/mol.